The Morgan fingerprint density at radius 1 is 1.52 bits per heavy atom. The first-order valence-corrected chi connectivity index (χ1v) is 8.25. The van der Waals surface area contributed by atoms with Crippen LogP contribution in [0.25, 0.3) is 0 Å². The van der Waals surface area contributed by atoms with E-state index in [9.17, 15) is 4.79 Å². The topological polar surface area (TPSA) is 48.7 Å². The second kappa shape index (κ2) is 5.52. The number of hydrogen-bond acceptors (Lipinski definition) is 4. The molecule has 4 nitrogen and oxygen atoms in total. The van der Waals surface area contributed by atoms with Crippen LogP contribution in [-0.4, -0.2) is 25.1 Å². The SMILES string of the molecule is COCCC[C@]12C[C@@H](c3occc3Br)OC1(C)CCC2=O. The molecule has 1 unspecified atom stereocenters. The molecule has 0 aromatic carbocycles. The summed E-state index contributed by atoms with van der Waals surface area (Å²) >= 11 is 3.49. The molecule has 1 saturated heterocycles. The summed E-state index contributed by atoms with van der Waals surface area (Å²) in [5.41, 5.74) is -0.767. The maximum Gasteiger partial charge on any atom is 0.146 e. The Hall–Kier alpha value is -0.650. The number of hydrogen-bond donors (Lipinski definition) is 0. The van der Waals surface area contributed by atoms with Crippen molar-refractivity contribution in [2.24, 2.45) is 5.41 Å². The van der Waals surface area contributed by atoms with Gasteiger partial charge in [-0.3, -0.25) is 4.79 Å². The Morgan fingerprint density at radius 3 is 3.00 bits per heavy atom. The van der Waals surface area contributed by atoms with E-state index in [1.165, 1.54) is 0 Å². The molecular weight excluding hydrogens is 336 g/mol. The van der Waals surface area contributed by atoms with Crippen molar-refractivity contribution in [1.82, 2.24) is 0 Å². The molecule has 1 aliphatic carbocycles. The third-order valence-corrected chi connectivity index (χ3v) is 5.86. The third-order valence-electron chi connectivity index (χ3n) is 5.20. The Morgan fingerprint density at radius 2 is 2.33 bits per heavy atom. The van der Waals surface area contributed by atoms with E-state index in [2.05, 4.69) is 22.9 Å². The molecule has 116 valence electrons. The maximum atomic E-state index is 12.6. The number of ketones is 1. The Bertz CT molecular complexity index is 540. The zero-order valence-corrected chi connectivity index (χ0v) is 14.1. The second-order valence-electron chi connectivity index (χ2n) is 6.28. The van der Waals surface area contributed by atoms with Crippen LogP contribution in [-0.2, 0) is 14.3 Å². The summed E-state index contributed by atoms with van der Waals surface area (Å²) in [7, 11) is 1.70. The smallest absolute Gasteiger partial charge is 0.146 e. The number of carbonyl (C=O) groups excluding carboxylic acids is 1. The molecule has 3 atom stereocenters. The van der Waals surface area contributed by atoms with Crippen LogP contribution >= 0.6 is 15.9 Å². The standard InChI is InChI=1S/C16H21BrO4/c1-15-7-4-13(18)16(15,6-3-8-19-2)10-12(21-15)14-11(17)5-9-20-14/h5,9,12H,3-4,6-8,10H2,1-2H3/t12-,15?,16+/m0/s1. The molecule has 1 aromatic rings. The van der Waals surface area contributed by atoms with Crippen LogP contribution in [0.3, 0.4) is 0 Å². The summed E-state index contributed by atoms with van der Waals surface area (Å²) in [6.45, 7) is 2.77. The number of rotatable bonds is 5. The van der Waals surface area contributed by atoms with Gasteiger partial charge >= 0.3 is 0 Å². The molecule has 1 aromatic heterocycles. The highest BCUT2D eigenvalue weighted by molar-refractivity contribution is 9.10. The van der Waals surface area contributed by atoms with Gasteiger partial charge in [-0.25, -0.2) is 0 Å². The van der Waals surface area contributed by atoms with Gasteiger partial charge in [0.15, 0.2) is 0 Å². The summed E-state index contributed by atoms with van der Waals surface area (Å²) in [5.74, 6) is 1.14. The van der Waals surface area contributed by atoms with Crippen molar-refractivity contribution in [2.75, 3.05) is 13.7 Å². The maximum absolute atomic E-state index is 12.6. The van der Waals surface area contributed by atoms with Crippen LogP contribution in [0.15, 0.2) is 21.2 Å². The van der Waals surface area contributed by atoms with Crippen LogP contribution in [0.2, 0.25) is 0 Å². The summed E-state index contributed by atoms with van der Waals surface area (Å²) in [5, 5.41) is 0. The van der Waals surface area contributed by atoms with Crippen molar-refractivity contribution < 1.29 is 18.7 Å². The minimum absolute atomic E-state index is 0.147. The highest BCUT2D eigenvalue weighted by Gasteiger charge is 2.64. The first-order valence-electron chi connectivity index (χ1n) is 7.45. The molecular formula is C16H21BrO4. The molecule has 0 radical (unpaired) electrons. The van der Waals surface area contributed by atoms with Gasteiger partial charge in [0, 0.05) is 20.1 Å². The molecule has 1 aliphatic heterocycles. The van der Waals surface area contributed by atoms with E-state index in [4.69, 9.17) is 13.9 Å². The van der Waals surface area contributed by atoms with Gasteiger partial charge in [-0.15, -0.1) is 0 Å². The Kier molecular flexibility index (Phi) is 4.01. The number of ether oxygens (including phenoxy) is 2. The lowest BCUT2D eigenvalue weighted by Crippen LogP contribution is -2.41. The number of halogens is 1. The van der Waals surface area contributed by atoms with Crippen molar-refractivity contribution in [3.8, 4) is 0 Å². The lowest BCUT2D eigenvalue weighted by atomic mass is 9.70. The number of furan rings is 1. The summed E-state index contributed by atoms with van der Waals surface area (Å²) in [6.07, 6.45) is 5.34. The molecule has 2 heterocycles. The van der Waals surface area contributed by atoms with Gasteiger partial charge in [0.2, 0.25) is 0 Å². The number of methoxy groups -OCH3 is 1. The van der Waals surface area contributed by atoms with Crippen LogP contribution in [0, 0.1) is 5.41 Å². The van der Waals surface area contributed by atoms with Gasteiger partial charge in [-0.05, 0) is 54.6 Å². The zero-order chi connectivity index (χ0) is 15.1. The summed E-state index contributed by atoms with van der Waals surface area (Å²) < 4.78 is 17.9. The van der Waals surface area contributed by atoms with Crippen molar-refractivity contribution >= 4 is 21.7 Å². The number of fused-ring (bicyclic) bond motifs is 1. The van der Waals surface area contributed by atoms with Crippen molar-refractivity contribution in [3.63, 3.8) is 0 Å². The molecule has 21 heavy (non-hydrogen) atoms. The number of carbonyl (C=O) groups is 1. The van der Waals surface area contributed by atoms with E-state index < -0.39 is 0 Å². The average Bonchev–Trinajstić information content (AvgIpc) is 3.05. The molecule has 0 bridgehead atoms. The number of Topliss-reactive ketones (excluding diaryl/α,β-unsaturated/α-hetero) is 1. The normalized spacial score (nSPS) is 35.4. The summed E-state index contributed by atoms with van der Waals surface area (Å²) in [6, 6.07) is 1.87. The first-order chi connectivity index (χ1) is 10.0. The predicted octanol–water partition coefficient (Wildman–Crippen LogP) is 4.04. The van der Waals surface area contributed by atoms with Gasteiger partial charge in [0.05, 0.1) is 21.8 Å². The van der Waals surface area contributed by atoms with E-state index in [1.54, 1.807) is 13.4 Å². The second-order valence-corrected chi connectivity index (χ2v) is 7.13. The van der Waals surface area contributed by atoms with E-state index in [0.29, 0.717) is 25.2 Å². The minimum Gasteiger partial charge on any atom is -0.465 e. The first kappa shape index (κ1) is 15.3. The quantitative estimate of drug-likeness (QED) is 0.747. The molecule has 0 N–H and O–H groups in total. The van der Waals surface area contributed by atoms with Gasteiger partial charge in [0.25, 0.3) is 0 Å². The highest BCUT2D eigenvalue weighted by atomic mass is 79.9. The molecule has 1 saturated carbocycles. The Balaban J connectivity index is 1.87. The fourth-order valence-electron chi connectivity index (χ4n) is 4.00. The van der Waals surface area contributed by atoms with Crippen LogP contribution in [0.1, 0.15) is 50.9 Å². The van der Waals surface area contributed by atoms with Crippen LogP contribution < -0.4 is 0 Å². The average molecular weight is 357 g/mol. The van der Waals surface area contributed by atoms with Crippen molar-refractivity contribution in [2.45, 2.75) is 50.7 Å². The molecule has 0 amide bonds. The van der Waals surface area contributed by atoms with Crippen molar-refractivity contribution in [1.29, 1.82) is 0 Å². The Labute approximate surface area is 133 Å². The van der Waals surface area contributed by atoms with Crippen LogP contribution in [0.4, 0.5) is 0 Å². The predicted molar refractivity (Wildman–Crippen MR) is 81.0 cm³/mol. The van der Waals surface area contributed by atoms with E-state index in [1.807, 2.05) is 6.07 Å². The lowest BCUT2D eigenvalue weighted by Gasteiger charge is -2.34. The van der Waals surface area contributed by atoms with E-state index in [-0.39, 0.29) is 17.1 Å². The molecule has 3 rings (SSSR count). The fraction of sp³-hybridized carbons (Fsp3) is 0.688. The van der Waals surface area contributed by atoms with E-state index >= 15 is 0 Å². The minimum atomic E-state index is -0.386. The largest absolute Gasteiger partial charge is 0.465 e. The van der Waals surface area contributed by atoms with Gasteiger partial charge in [0.1, 0.15) is 17.6 Å². The highest BCUT2D eigenvalue weighted by Crippen LogP contribution is 2.61. The molecule has 5 heteroatoms. The van der Waals surface area contributed by atoms with Gasteiger partial charge in [-0.2, -0.15) is 0 Å². The summed E-state index contributed by atoms with van der Waals surface area (Å²) in [4.78, 5) is 12.6. The molecule has 2 aliphatic rings. The van der Waals surface area contributed by atoms with Gasteiger partial charge < -0.3 is 13.9 Å². The lowest BCUT2D eigenvalue weighted by molar-refractivity contribution is -0.131. The van der Waals surface area contributed by atoms with E-state index in [0.717, 1.165) is 29.5 Å². The third kappa shape index (κ3) is 2.30. The van der Waals surface area contributed by atoms with Crippen LogP contribution in [0.5, 0.6) is 0 Å². The molecule has 2 fully saturated rings. The monoisotopic (exact) mass is 356 g/mol. The zero-order valence-electron chi connectivity index (χ0n) is 12.5. The van der Waals surface area contributed by atoms with Gasteiger partial charge in [-0.1, -0.05) is 0 Å². The fourth-order valence-corrected chi connectivity index (χ4v) is 4.46. The molecule has 0 spiro atoms. The van der Waals surface area contributed by atoms with Crippen molar-refractivity contribution in [3.05, 3.63) is 22.6 Å².